The molecule has 0 unspecified atom stereocenters. The molecule has 112 valence electrons. The molecule has 1 aliphatic heterocycles. The predicted molar refractivity (Wildman–Crippen MR) is 84.0 cm³/mol. The van der Waals surface area contributed by atoms with Gasteiger partial charge in [-0.1, -0.05) is 6.92 Å². The van der Waals surface area contributed by atoms with Gasteiger partial charge in [0.2, 0.25) is 5.91 Å². The first-order chi connectivity index (χ1) is 10.2. The van der Waals surface area contributed by atoms with E-state index in [9.17, 15) is 4.79 Å². The van der Waals surface area contributed by atoms with Crippen molar-refractivity contribution < 1.29 is 4.79 Å². The SMILES string of the molecule is CCCc1nc2cc(N)ccc2n1CC(=O)N1CCCC1. The summed E-state index contributed by atoms with van der Waals surface area (Å²) in [6, 6.07) is 5.72. The van der Waals surface area contributed by atoms with Crippen molar-refractivity contribution in [3.63, 3.8) is 0 Å². The Kier molecular flexibility index (Phi) is 3.82. The van der Waals surface area contributed by atoms with Gasteiger partial charge in [0.25, 0.3) is 0 Å². The van der Waals surface area contributed by atoms with E-state index in [1.807, 2.05) is 23.1 Å². The van der Waals surface area contributed by atoms with Gasteiger partial charge in [0, 0.05) is 25.2 Å². The maximum Gasteiger partial charge on any atom is 0.242 e. The highest BCUT2D eigenvalue weighted by atomic mass is 16.2. The monoisotopic (exact) mass is 286 g/mol. The fourth-order valence-electron chi connectivity index (χ4n) is 2.99. The zero-order valence-electron chi connectivity index (χ0n) is 12.5. The number of anilines is 1. The molecule has 2 aromatic rings. The number of aromatic nitrogens is 2. The average Bonchev–Trinajstić information content (AvgIpc) is 3.08. The summed E-state index contributed by atoms with van der Waals surface area (Å²) >= 11 is 0. The highest BCUT2D eigenvalue weighted by Gasteiger charge is 2.20. The summed E-state index contributed by atoms with van der Waals surface area (Å²) in [6.07, 6.45) is 4.13. The van der Waals surface area contributed by atoms with E-state index < -0.39 is 0 Å². The molecule has 5 nitrogen and oxygen atoms in total. The van der Waals surface area contributed by atoms with Crippen LogP contribution in [-0.4, -0.2) is 33.4 Å². The summed E-state index contributed by atoms with van der Waals surface area (Å²) < 4.78 is 2.05. The number of nitrogens with two attached hydrogens (primary N) is 1. The number of amides is 1. The van der Waals surface area contributed by atoms with Crippen LogP contribution >= 0.6 is 0 Å². The fraction of sp³-hybridized carbons (Fsp3) is 0.500. The molecule has 0 spiro atoms. The van der Waals surface area contributed by atoms with Crippen LogP contribution < -0.4 is 5.73 Å². The van der Waals surface area contributed by atoms with Gasteiger partial charge in [0.1, 0.15) is 12.4 Å². The van der Waals surface area contributed by atoms with E-state index in [1.165, 1.54) is 0 Å². The molecular weight excluding hydrogens is 264 g/mol. The minimum absolute atomic E-state index is 0.195. The predicted octanol–water partition coefficient (Wildman–Crippen LogP) is 2.19. The van der Waals surface area contributed by atoms with Crippen LogP contribution in [0.1, 0.15) is 32.0 Å². The molecule has 1 aromatic heterocycles. The van der Waals surface area contributed by atoms with Crippen LogP contribution in [0.4, 0.5) is 5.69 Å². The highest BCUT2D eigenvalue weighted by molar-refractivity contribution is 5.83. The van der Waals surface area contributed by atoms with Gasteiger partial charge >= 0.3 is 0 Å². The van der Waals surface area contributed by atoms with E-state index in [0.717, 1.165) is 55.6 Å². The molecular formula is C16H22N4O. The topological polar surface area (TPSA) is 64.1 Å². The van der Waals surface area contributed by atoms with Crippen LogP contribution in [0.15, 0.2) is 18.2 Å². The normalized spacial score (nSPS) is 15.0. The second kappa shape index (κ2) is 5.76. The lowest BCUT2D eigenvalue weighted by Gasteiger charge is -2.17. The lowest BCUT2D eigenvalue weighted by molar-refractivity contribution is -0.130. The zero-order valence-corrected chi connectivity index (χ0v) is 12.5. The van der Waals surface area contributed by atoms with E-state index in [2.05, 4.69) is 16.5 Å². The molecule has 3 rings (SSSR count). The molecule has 21 heavy (non-hydrogen) atoms. The number of fused-ring (bicyclic) bond motifs is 1. The van der Waals surface area contributed by atoms with Crippen molar-refractivity contribution in [1.29, 1.82) is 0 Å². The van der Waals surface area contributed by atoms with Crippen LogP contribution in [0, 0.1) is 0 Å². The van der Waals surface area contributed by atoms with Crippen LogP contribution in [0.3, 0.4) is 0 Å². The van der Waals surface area contributed by atoms with Crippen molar-refractivity contribution in [2.75, 3.05) is 18.8 Å². The minimum atomic E-state index is 0.195. The Bertz CT molecular complexity index is 656. The van der Waals surface area contributed by atoms with Gasteiger partial charge in [-0.2, -0.15) is 0 Å². The van der Waals surface area contributed by atoms with Gasteiger partial charge in [-0.05, 0) is 37.5 Å². The number of nitrogen functional groups attached to an aromatic ring is 1. The molecule has 0 aliphatic carbocycles. The molecule has 5 heteroatoms. The van der Waals surface area contributed by atoms with Crippen LogP contribution in [-0.2, 0) is 17.8 Å². The summed E-state index contributed by atoms with van der Waals surface area (Å²) in [4.78, 5) is 19.0. The lowest BCUT2D eigenvalue weighted by atomic mass is 10.3. The average molecular weight is 286 g/mol. The smallest absolute Gasteiger partial charge is 0.242 e. The standard InChI is InChI=1S/C16H22N4O/c1-2-5-15-18-13-10-12(17)6-7-14(13)20(15)11-16(21)19-8-3-4-9-19/h6-7,10H,2-5,8-9,11,17H2,1H3. The Morgan fingerprint density at radius 1 is 1.33 bits per heavy atom. The first-order valence-electron chi connectivity index (χ1n) is 7.71. The quantitative estimate of drug-likeness (QED) is 0.876. The van der Waals surface area contributed by atoms with E-state index in [4.69, 9.17) is 5.73 Å². The van der Waals surface area contributed by atoms with Gasteiger partial charge in [0.05, 0.1) is 11.0 Å². The third-order valence-electron chi connectivity index (χ3n) is 4.08. The zero-order chi connectivity index (χ0) is 14.8. The Hall–Kier alpha value is -2.04. The molecule has 2 heterocycles. The minimum Gasteiger partial charge on any atom is -0.399 e. The van der Waals surface area contributed by atoms with Gasteiger partial charge in [-0.25, -0.2) is 4.98 Å². The van der Waals surface area contributed by atoms with Crippen LogP contribution in [0.25, 0.3) is 11.0 Å². The Balaban J connectivity index is 1.94. The number of likely N-dealkylation sites (tertiary alicyclic amines) is 1. The number of nitrogens with zero attached hydrogens (tertiary/aromatic N) is 3. The molecule has 1 aromatic carbocycles. The number of imidazole rings is 1. The summed E-state index contributed by atoms with van der Waals surface area (Å²) in [5, 5.41) is 0. The Labute approximate surface area is 124 Å². The van der Waals surface area contributed by atoms with E-state index >= 15 is 0 Å². The van der Waals surface area contributed by atoms with Crippen molar-refractivity contribution in [2.24, 2.45) is 0 Å². The Morgan fingerprint density at radius 3 is 2.81 bits per heavy atom. The molecule has 0 bridgehead atoms. The number of benzene rings is 1. The second-order valence-electron chi connectivity index (χ2n) is 5.70. The summed E-state index contributed by atoms with van der Waals surface area (Å²) in [5.74, 6) is 1.17. The second-order valence-corrected chi connectivity index (χ2v) is 5.70. The third kappa shape index (κ3) is 2.73. The third-order valence-corrected chi connectivity index (χ3v) is 4.08. The lowest BCUT2D eigenvalue weighted by Crippen LogP contribution is -2.31. The first-order valence-corrected chi connectivity index (χ1v) is 7.71. The maximum absolute atomic E-state index is 12.4. The summed E-state index contributed by atoms with van der Waals surface area (Å²) in [5.41, 5.74) is 8.43. The van der Waals surface area contributed by atoms with Crippen molar-refractivity contribution >= 4 is 22.6 Å². The van der Waals surface area contributed by atoms with Gasteiger partial charge in [-0.3, -0.25) is 4.79 Å². The van der Waals surface area contributed by atoms with Gasteiger partial charge < -0.3 is 15.2 Å². The molecule has 0 radical (unpaired) electrons. The summed E-state index contributed by atoms with van der Waals surface area (Å²) in [6.45, 7) is 4.29. The first kappa shape index (κ1) is 13.9. The number of hydrogen-bond acceptors (Lipinski definition) is 3. The van der Waals surface area contributed by atoms with Crippen molar-refractivity contribution in [3.05, 3.63) is 24.0 Å². The molecule has 0 saturated carbocycles. The van der Waals surface area contributed by atoms with Crippen molar-refractivity contribution in [3.8, 4) is 0 Å². The van der Waals surface area contributed by atoms with E-state index in [-0.39, 0.29) is 5.91 Å². The number of hydrogen-bond donors (Lipinski definition) is 1. The van der Waals surface area contributed by atoms with E-state index in [1.54, 1.807) is 0 Å². The number of rotatable bonds is 4. The molecule has 0 atom stereocenters. The number of carbonyl (C=O) groups excluding carboxylic acids is 1. The molecule has 1 amide bonds. The summed E-state index contributed by atoms with van der Waals surface area (Å²) in [7, 11) is 0. The maximum atomic E-state index is 12.4. The number of carbonyl (C=O) groups is 1. The van der Waals surface area contributed by atoms with Crippen molar-refractivity contribution in [2.45, 2.75) is 39.2 Å². The molecule has 2 N–H and O–H groups in total. The van der Waals surface area contributed by atoms with E-state index in [0.29, 0.717) is 12.2 Å². The van der Waals surface area contributed by atoms with Gasteiger partial charge in [0.15, 0.2) is 0 Å². The Morgan fingerprint density at radius 2 is 2.10 bits per heavy atom. The molecule has 1 fully saturated rings. The van der Waals surface area contributed by atoms with Crippen LogP contribution in [0.5, 0.6) is 0 Å². The van der Waals surface area contributed by atoms with Crippen LogP contribution in [0.2, 0.25) is 0 Å². The highest BCUT2D eigenvalue weighted by Crippen LogP contribution is 2.21. The number of aryl methyl sites for hydroxylation is 1. The molecule has 1 aliphatic rings. The fourth-order valence-corrected chi connectivity index (χ4v) is 2.99. The van der Waals surface area contributed by atoms with Crippen molar-refractivity contribution in [1.82, 2.24) is 14.5 Å². The largest absolute Gasteiger partial charge is 0.399 e. The molecule has 1 saturated heterocycles. The van der Waals surface area contributed by atoms with Gasteiger partial charge in [-0.15, -0.1) is 0 Å².